The van der Waals surface area contributed by atoms with Crippen molar-refractivity contribution in [2.75, 3.05) is 6.61 Å². The predicted octanol–water partition coefficient (Wildman–Crippen LogP) is 2.80. The smallest absolute Gasteiger partial charge is 0.261 e. The number of rotatable bonds is 6. The van der Waals surface area contributed by atoms with E-state index in [1.165, 1.54) is 12.8 Å². The van der Waals surface area contributed by atoms with Gasteiger partial charge in [-0.25, -0.2) is 4.98 Å². The van der Waals surface area contributed by atoms with Gasteiger partial charge in [0.1, 0.15) is 0 Å². The average molecular weight is 311 g/mol. The van der Waals surface area contributed by atoms with Crippen LogP contribution in [-0.2, 0) is 6.54 Å². The van der Waals surface area contributed by atoms with Crippen LogP contribution >= 0.6 is 0 Å². The first-order valence-electron chi connectivity index (χ1n) is 7.78. The Labute approximate surface area is 133 Å². The third kappa shape index (κ3) is 2.94. The van der Waals surface area contributed by atoms with E-state index in [2.05, 4.69) is 20.2 Å². The van der Waals surface area contributed by atoms with Gasteiger partial charge in [-0.3, -0.25) is 4.68 Å². The van der Waals surface area contributed by atoms with E-state index in [0.717, 1.165) is 23.6 Å². The molecule has 0 N–H and O–H groups in total. The fourth-order valence-corrected chi connectivity index (χ4v) is 2.40. The normalized spacial score (nSPS) is 14.1. The van der Waals surface area contributed by atoms with Gasteiger partial charge >= 0.3 is 0 Å². The van der Waals surface area contributed by atoms with Crippen molar-refractivity contribution in [3.05, 3.63) is 30.7 Å². The van der Waals surface area contributed by atoms with Crippen LogP contribution in [0.15, 0.2) is 35.2 Å². The lowest BCUT2D eigenvalue weighted by Crippen LogP contribution is -1.98. The van der Waals surface area contributed by atoms with Crippen molar-refractivity contribution in [3.63, 3.8) is 0 Å². The molecular formula is C16H17N5O2. The minimum atomic E-state index is 0.452. The number of nitrogens with zero attached hydrogens (tertiary/aromatic N) is 5. The van der Waals surface area contributed by atoms with E-state index in [1.54, 1.807) is 12.4 Å². The highest BCUT2D eigenvalue weighted by Crippen LogP contribution is 2.31. The molecule has 1 saturated carbocycles. The van der Waals surface area contributed by atoms with E-state index in [-0.39, 0.29) is 0 Å². The zero-order valence-corrected chi connectivity index (χ0v) is 12.8. The maximum Gasteiger partial charge on any atom is 0.261 e. The maximum absolute atomic E-state index is 5.51. The van der Waals surface area contributed by atoms with Crippen LogP contribution in [0.5, 0.6) is 5.88 Å². The molecule has 1 aliphatic rings. The van der Waals surface area contributed by atoms with Gasteiger partial charge in [-0.2, -0.15) is 10.1 Å². The molecule has 0 radical (unpaired) electrons. The number of hydrogen-bond donors (Lipinski definition) is 0. The van der Waals surface area contributed by atoms with Crippen LogP contribution < -0.4 is 4.74 Å². The minimum Gasteiger partial charge on any atom is -0.477 e. The molecule has 0 atom stereocenters. The van der Waals surface area contributed by atoms with Crippen LogP contribution in [0.1, 0.15) is 19.8 Å². The Hall–Kier alpha value is -2.70. The van der Waals surface area contributed by atoms with Gasteiger partial charge in [0.05, 0.1) is 23.9 Å². The highest BCUT2D eigenvalue weighted by Gasteiger charge is 2.22. The molecule has 1 aliphatic carbocycles. The first-order chi connectivity index (χ1) is 11.3. The third-order valence-electron chi connectivity index (χ3n) is 3.74. The van der Waals surface area contributed by atoms with Crippen LogP contribution in [0.2, 0.25) is 0 Å². The Morgan fingerprint density at radius 1 is 1.39 bits per heavy atom. The van der Waals surface area contributed by atoms with E-state index in [1.807, 2.05) is 29.9 Å². The summed E-state index contributed by atoms with van der Waals surface area (Å²) < 4.78 is 12.8. The molecule has 0 amide bonds. The van der Waals surface area contributed by atoms with Crippen LogP contribution in [0.25, 0.3) is 22.8 Å². The van der Waals surface area contributed by atoms with Crippen LogP contribution in [0.3, 0.4) is 0 Å². The average Bonchev–Trinajstić information content (AvgIpc) is 3.06. The Balaban J connectivity index is 1.60. The maximum atomic E-state index is 5.51. The van der Waals surface area contributed by atoms with Crippen molar-refractivity contribution < 1.29 is 9.26 Å². The second-order valence-corrected chi connectivity index (χ2v) is 5.61. The molecule has 0 aliphatic heterocycles. The fourth-order valence-electron chi connectivity index (χ4n) is 2.40. The van der Waals surface area contributed by atoms with Crippen molar-refractivity contribution in [1.82, 2.24) is 24.9 Å². The van der Waals surface area contributed by atoms with Gasteiger partial charge in [-0.15, -0.1) is 0 Å². The standard InChI is InChI=1S/C16H17N5O2/c1-2-22-16-13(4-3-7-17-16)14-19-15(23-20-14)12-8-18-21(10-12)9-11-5-6-11/h3-4,7-8,10-11H,2,5-6,9H2,1H3. The van der Waals surface area contributed by atoms with Crippen molar-refractivity contribution in [2.45, 2.75) is 26.3 Å². The van der Waals surface area contributed by atoms with Gasteiger partial charge in [0.15, 0.2) is 0 Å². The van der Waals surface area contributed by atoms with Crippen LogP contribution in [0.4, 0.5) is 0 Å². The lowest BCUT2D eigenvalue weighted by Gasteiger charge is -2.04. The summed E-state index contributed by atoms with van der Waals surface area (Å²) in [6.07, 6.45) is 7.97. The largest absolute Gasteiger partial charge is 0.477 e. The third-order valence-corrected chi connectivity index (χ3v) is 3.74. The Morgan fingerprint density at radius 2 is 2.30 bits per heavy atom. The SMILES string of the molecule is CCOc1ncccc1-c1noc(-c2cnn(CC3CC3)c2)n1. The molecular weight excluding hydrogens is 294 g/mol. The van der Waals surface area contributed by atoms with Crippen molar-refractivity contribution >= 4 is 0 Å². The molecule has 0 unspecified atom stereocenters. The lowest BCUT2D eigenvalue weighted by atomic mass is 10.2. The summed E-state index contributed by atoms with van der Waals surface area (Å²) in [6.45, 7) is 3.40. The summed E-state index contributed by atoms with van der Waals surface area (Å²) >= 11 is 0. The van der Waals surface area contributed by atoms with E-state index >= 15 is 0 Å². The van der Waals surface area contributed by atoms with Crippen LogP contribution in [0, 0.1) is 5.92 Å². The summed E-state index contributed by atoms with van der Waals surface area (Å²) in [6, 6.07) is 3.69. The molecule has 7 heteroatoms. The van der Waals surface area contributed by atoms with Gasteiger partial charge in [0.2, 0.25) is 11.7 Å². The lowest BCUT2D eigenvalue weighted by molar-refractivity contribution is 0.328. The number of pyridine rings is 1. The molecule has 0 spiro atoms. The van der Waals surface area contributed by atoms with Crippen LogP contribution in [-0.4, -0.2) is 31.5 Å². The summed E-state index contributed by atoms with van der Waals surface area (Å²) in [4.78, 5) is 8.66. The summed E-state index contributed by atoms with van der Waals surface area (Å²) in [5.41, 5.74) is 1.54. The van der Waals surface area contributed by atoms with E-state index in [4.69, 9.17) is 9.26 Å². The highest BCUT2D eigenvalue weighted by atomic mass is 16.5. The van der Waals surface area contributed by atoms with Gasteiger partial charge in [-0.1, -0.05) is 5.16 Å². The Bertz CT molecular complexity index is 806. The number of aromatic nitrogens is 5. The second-order valence-electron chi connectivity index (χ2n) is 5.61. The molecule has 0 saturated heterocycles. The molecule has 118 valence electrons. The van der Waals surface area contributed by atoms with Crippen molar-refractivity contribution in [1.29, 1.82) is 0 Å². The molecule has 23 heavy (non-hydrogen) atoms. The monoisotopic (exact) mass is 311 g/mol. The van der Waals surface area contributed by atoms with E-state index < -0.39 is 0 Å². The summed E-state index contributed by atoms with van der Waals surface area (Å²) in [5, 5.41) is 8.40. The Kier molecular flexibility index (Phi) is 3.53. The number of hydrogen-bond acceptors (Lipinski definition) is 6. The van der Waals surface area contributed by atoms with Gasteiger partial charge in [-0.05, 0) is 37.8 Å². The summed E-state index contributed by atoms with van der Waals surface area (Å²) in [5.74, 6) is 2.19. The van der Waals surface area contributed by atoms with Gasteiger partial charge < -0.3 is 9.26 Å². The quantitative estimate of drug-likeness (QED) is 0.696. The van der Waals surface area contributed by atoms with Gasteiger partial charge in [0, 0.05) is 18.9 Å². The van der Waals surface area contributed by atoms with E-state index in [9.17, 15) is 0 Å². The van der Waals surface area contributed by atoms with Gasteiger partial charge in [0.25, 0.3) is 5.89 Å². The molecule has 3 heterocycles. The van der Waals surface area contributed by atoms with Crippen molar-refractivity contribution in [3.8, 4) is 28.7 Å². The highest BCUT2D eigenvalue weighted by molar-refractivity contribution is 5.63. The molecule has 1 fully saturated rings. The summed E-state index contributed by atoms with van der Waals surface area (Å²) in [7, 11) is 0. The molecule has 0 aromatic carbocycles. The minimum absolute atomic E-state index is 0.452. The first kappa shape index (κ1) is 13.9. The zero-order chi connectivity index (χ0) is 15.6. The second kappa shape index (κ2) is 5.83. The Morgan fingerprint density at radius 3 is 3.13 bits per heavy atom. The zero-order valence-electron chi connectivity index (χ0n) is 12.8. The molecule has 0 bridgehead atoms. The molecule has 3 aromatic heterocycles. The molecule has 7 nitrogen and oxygen atoms in total. The topological polar surface area (TPSA) is 78.9 Å². The van der Waals surface area contributed by atoms with Crippen molar-refractivity contribution in [2.24, 2.45) is 5.92 Å². The number of ether oxygens (including phenoxy) is 1. The molecule has 3 aromatic rings. The van der Waals surface area contributed by atoms with E-state index in [0.29, 0.717) is 24.2 Å². The molecule has 4 rings (SSSR count). The fraction of sp³-hybridized carbons (Fsp3) is 0.375. The predicted molar refractivity (Wildman–Crippen MR) is 82.6 cm³/mol. The first-order valence-corrected chi connectivity index (χ1v) is 7.78.